The molecule has 0 radical (unpaired) electrons. The van der Waals surface area contributed by atoms with Gasteiger partial charge in [-0.1, -0.05) is 33.6 Å². The number of rotatable bonds is 6. The smallest absolute Gasteiger partial charge is 0.303 e. The third-order valence-corrected chi connectivity index (χ3v) is 2.22. The van der Waals surface area contributed by atoms with Gasteiger partial charge in [0, 0.05) is 12.0 Å². The van der Waals surface area contributed by atoms with E-state index < -0.39 is 11.5 Å². The lowest BCUT2D eigenvalue weighted by Gasteiger charge is -2.17. The van der Waals surface area contributed by atoms with Gasteiger partial charge in [-0.15, -0.1) is 0 Å². The van der Waals surface area contributed by atoms with Gasteiger partial charge in [0.05, 0.1) is 6.61 Å². The monoisotopic (exact) mass is 261 g/mol. The summed E-state index contributed by atoms with van der Waals surface area (Å²) in [4.78, 5) is 10.2. The summed E-state index contributed by atoms with van der Waals surface area (Å²) >= 11 is 0. The number of nitrogens with two attached hydrogens (primary N) is 1. The van der Waals surface area contributed by atoms with Crippen molar-refractivity contribution in [3.63, 3.8) is 0 Å². The summed E-state index contributed by atoms with van der Waals surface area (Å²) in [6, 6.07) is 0. The normalized spacial score (nSPS) is 11.7. The number of hydrogen-bond acceptors (Lipinski definition) is 3. The number of aliphatic hydroxyl groups is 1. The molecule has 4 nitrogen and oxygen atoms in total. The molecule has 4 N–H and O–H groups in total. The zero-order chi connectivity index (χ0) is 14.8. The third-order valence-electron chi connectivity index (χ3n) is 2.22. The average molecular weight is 261 g/mol. The minimum absolute atomic E-state index is 0.0486. The Bertz CT molecular complexity index is 214. The van der Waals surface area contributed by atoms with Crippen LogP contribution in [0.15, 0.2) is 0 Å². The predicted molar refractivity (Wildman–Crippen MR) is 75.5 cm³/mol. The van der Waals surface area contributed by atoms with Gasteiger partial charge >= 0.3 is 5.97 Å². The molecule has 110 valence electrons. The molecule has 0 aromatic carbocycles. The number of aliphatic hydroxyl groups excluding tert-OH is 1. The number of aliphatic carboxylic acids is 1. The van der Waals surface area contributed by atoms with Crippen molar-refractivity contribution in [3.8, 4) is 0 Å². The molecular weight excluding hydrogens is 230 g/mol. The molecule has 0 atom stereocenters. The first-order valence-corrected chi connectivity index (χ1v) is 6.59. The fourth-order valence-corrected chi connectivity index (χ4v) is 1.11. The van der Waals surface area contributed by atoms with E-state index in [4.69, 9.17) is 15.9 Å². The Balaban J connectivity index is 0. The summed E-state index contributed by atoms with van der Waals surface area (Å²) in [6.07, 6.45) is 4.53. The third kappa shape index (κ3) is 24.6. The van der Waals surface area contributed by atoms with Crippen molar-refractivity contribution in [2.45, 2.75) is 72.3 Å². The molecule has 0 amide bonds. The molecule has 0 aliphatic heterocycles. The lowest BCUT2D eigenvalue weighted by Crippen LogP contribution is -2.35. The maximum atomic E-state index is 10.2. The Morgan fingerprint density at radius 1 is 1.06 bits per heavy atom. The first-order valence-electron chi connectivity index (χ1n) is 6.59. The standard InChI is InChI=1S/C10H20O2.C4H11NO/c1-10(2,3)8-6-4-5-7-9(11)12;1-4(2,5)3-6/h4-8H2,1-3H3,(H,11,12);6H,3,5H2,1-2H3. The number of carboxylic acid groups (broad SMARTS) is 1. The summed E-state index contributed by atoms with van der Waals surface area (Å²) < 4.78 is 0. The fraction of sp³-hybridized carbons (Fsp3) is 0.929. The minimum atomic E-state index is -0.675. The van der Waals surface area contributed by atoms with Crippen LogP contribution in [0.2, 0.25) is 0 Å². The highest BCUT2D eigenvalue weighted by Gasteiger charge is 2.08. The van der Waals surface area contributed by atoms with Gasteiger partial charge in [-0.3, -0.25) is 4.79 Å². The van der Waals surface area contributed by atoms with Crippen LogP contribution in [0.5, 0.6) is 0 Å². The Labute approximate surface area is 112 Å². The lowest BCUT2D eigenvalue weighted by atomic mass is 9.89. The van der Waals surface area contributed by atoms with Crippen LogP contribution in [0.3, 0.4) is 0 Å². The van der Waals surface area contributed by atoms with Crippen molar-refractivity contribution in [2.24, 2.45) is 11.1 Å². The van der Waals surface area contributed by atoms with Gasteiger partial charge in [0.1, 0.15) is 0 Å². The molecule has 0 aliphatic rings. The van der Waals surface area contributed by atoms with E-state index in [1.54, 1.807) is 13.8 Å². The van der Waals surface area contributed by atoms with Crippen LogP contribution < -0.4 is 5.73 Å². The zero-order valence-electron chi connectivity index (χ0n) is 12.6. The van der Waals surface area contributed by atoms with E-state index in [9.17, 15) is 4.79 Å². The first-order chi connectivity index (χ1) is 7.98. The number of carboxylic acids is 1. The zero-order valence-corrected chi connectivity index (χ0v) is 12.6. The molecule has 0 heterocycles. The van der Waals surface area contributed by atoms with E-state index in [1.807, 2.05) is 0 Å². The van der Waals surface area contributed by atoms with Crippen molar-refractivity contribution in [1.82, 2.24) is 0 Å². The Hall–Kier alpha value is -0.610. The van der Waals surface area contributed by atoms with Crippen LogP contribution in [0.25, 0.3) is 0 Å². The van der Waals surface area contributed by atoms with E-state index in [0.717, 1.165) is 19.3 Å². The van der Waals surface area contributed by atoms with E-state index in [1.165, 1.54) is 6.42 Å². The van der Waals surface area contributed by atoms with E-state index in [0.29, 0.717) is 11.8 Å². The van der Waals surface area contributed by atoms with Crippen LogP contribution in [-0.4, -0.2) is 28.3 Å². The quantitative estimate of drug-likeness (QED) is 0.642. The van der Waals surface area contributed by atoms with Gasteiger partial charge in [-0.25, -0.2) is 0 Å². The summed E-state index contributed by atoms with van der Waals surface area (Å²) in [5.74, 6) is -0.675. The number of carbonyl (C=O) groups is 1. The SMILES string of the molecule is CC(C)(C)CCCCCC(=O)O.CC(C)(N)CO. The number of hydrogen-bond donors (Lipinski definition) is 3. The Kier molecular flexibility index (Phi) is 10.2. The predicted octanol–water partition coefficient (Wildman–Crippen LogP) is 2.78. The van der Waals surface area contributed by atoms with Gasteiger partial charge < -0.3 is 15.9 Å². The van der Waals surface area contributed by atoms with Crippen LogP contribution >= 0.6 is 0 Å². The molecule has 0 saturated heterocycles. The van der Waals surface area contributed by atoms with Gasteiger partial charge in [0.25, 0.3) is 0 Å². The van der Waals surface area contributed by atoms with Gasteiger partial charge in [-0.05, 0) is 32.1 Å². The van der Waals surface area contributed by atoms with Crippen molar-refractivity contribution in [1.29, 1.82) is 0 Å². The summed E-state index contributed by atoms with van der Waals surface area (Å²) in [5, 5.41) is 16.7. The molecular formula is C14H31NO3. The van der Waals surface area contributed by atoms with Crippen LogP contribution in [-0.2, 0) is 4.79 Å². The maximum absolute atomic E-state index is 10.2. The Morgan fingerprint density at radius 3 is 1.78 bits per heavy atom. The highest BCUT2D eigenvalue weighted by molar-refractivity contribution is 5.66. The minimum Gasteiger partial charge on any atom is -0.481 e. The molecule has 4 heteroatoms. The van der Waals surface area contributed by atoms with Crippen molar-refractivity contribution in [3.05, 3.63) is 0 Å². The Morgan fingerprint density at radius 2 is 1.50 bits per heavy atom. The molecule has 0 rings (SSSR count). The van der Waals surface area contributed by atoms with Gasteiger partial charge in [-0.2, -0.15) is 0 Å². The summed E-state index contributed by atoms with van der Waals surface area (Å²) in [7, 11) is 0. The van der Waals surface area contributed by atoms with Crippen LogP contribution in [0, 0.1) is 5.41 Å². The second-order valence-electron chi connectivity index (χ2n) is 6.66. The first kappa shape index (κ1) is 19.7. The van der Waals surface area contributed by atoms with Gasteiger partial charge in [0.15, 0.2) is 0 Å². The summed E-state index contributed by atoms with van der Waals surface area (Å²) in [5.41, 5.74) is 5.27. The molecule has 0 fully saturated rings. The highest BCUT2D eigenvalue weighted by atomic mass is 16.4. The molecule has 0 aliphatic carbocycles. The lowest BCUT2D eigenvalue weighted by molar-refractivity contribution is -0.137. The molecule has 0 aromatic heterocycles. The highest BCUT2D eigenvalue weighted by Crippen LogP contribution is 2.22. The average Bonchev–Trinajstić information content (AvgIpc) is 2.15. The second kappa shape index (κ2) is 9.34. The molecule has 0 aromatic rings. The topological polar surface area (TPSA) is 83.5 Å². The van der Waals surface area contributed by atoms with E-state index in [2.05, 4.69) is 20.8 Å². The second-order valence-corrected chi connectivity index (χ2v) is 6.66. The van der Waals surface area contributed by atoms with E-state index >= 15 is 0 Å². The van der Waals surface area contributed by atoms with Gasteiger partial charge in [0.2, 0.25) is 0 Å². The van der Waals surface area contributed by atoms with Crippen molar-refractivity contribution < 1.29 is 15.0 Å². The van der Waals surface area contributed by atoms with Crippen LogP contribution in [0.1, 0.15) is 66.7 Å². The molecule has 0 bridgehead atoms. The van der Waals surface area contributed by atoms with Crippen molar-refractivity contribution in [2.75, 3.05) is 6.61 Å². The molecule has 0 unspecified atom stereocenters. The summed E-state index contributed by atoms with van der Waals surface area (Å²) in [6.45, 7) is 10.2. The fourth-order valence-electron chi connectivity index (χ4n) is 1.11. The molecule has 18 heavy (non-hydrogen) atoms. The van der Waals surface area contributed by atoms with Crippen LogP contribution in [0.4, 0.5) is 0 Å². The van der Waals surface area contributed by atoms with E-state index in [-0.39, 0.29) is 6.61 Å². The largest absolute Gasteiger partial charge is 0.481 e. The number of unbranched alkanes of at least 4 members (excludes halogenated alkanes) is 2. The molecule has 0 spiro atoms. The molecule has 0 saturated carbocycles. The van der Waals surface area contributed by atoms with Crippen molar-refractivity contribution >= 4 is 5.97 Å². The maximum Gasteiger partial charge on any atom is 0.303 e.